The molecule has 0 heterocycles. The summed E-state index contributed by atoms with van der Waals surface area (Å²) in [6.45, 7) is 0. The monoisotopic (exact) mass is 932 g/mol. The first kappa shape index (κ1) is 39.2. The summed E-state index contributed by atoms with van der Waals surface area (Å²) in [4.78, 5) is 24.1. The van der Waals surface area contributed by atoms with E-state index < -0.39 is 102 Å². The molecule has 0 atom stereocenters. The van der Waals surface area contributed by atoms with Crippen molar-refractivity contribution >= 4 is 160 Å². The first-order valence-electron chi connectivity index (χ1n) is 17.8. The topological polar surface area (TPSA) is 331 Å². The third-order valence-corrected chi connectivity index (χ3v) is 14.5. The zero-order chi connectivity index (χ0) is 44.9. The smallest absolute Gasteiger partial charge is 0.337 e. The van der Waals surface area contributed by atoms with Gasteiger partial charge in [-0.15, -0.1) is 0 Å². The van der Waals surface area contributed by atoms with Crippen molar-refractivity contribution in [3.63, 3.8) is 0 Å². The van der Waals surface area contributed by atoms with Crippen molar-refractivity contribution < 1.29 is 86.3 Å². The summed E-state index contributed by atoms with van der Waals surface area (Å²) in [6, 6.07) is 10.6. The van der Waals surface area contributed by atoms with E-state index in [1.165, 1.54) is 30.3 Å². The summed E-state index contributed by atoms with van der Waals surface area (Å²) < 4.78 is 157. The Bertz CT molecular complexity index is 4430. The van der Waals surface area contributed by atoms with Gasteiger partial charge in [-0.2, -0.15) is 33.7 Å². The molecule has 0 aromatic heterocycles. The molecule has 0 radical (unpaired) electrons. The van der Waals surface area contributed by atoms with Crippen LogP contribution in [0.25, 0.3) is 108 Å². The number of hydrogen-bond donors (Lipinski definition) is 7. The quantitative estimate of drug-likeness (QED) is 0.0440. The van der Waals surface area contributed by atoms with Crippen molar-refractivity contribution in [3.8, 4) is 17.2 Å². The molecule has 63 heavy (non-hydrogen) atoms. The van der Waals surface area contributed by atoms with Crippen LogP contribution in [0.3, 0.4) is 0 Å². The van der Waals surface area contributed by atoms with Crippen LogP contribution in [-0.2, 0) is 40.5 Å². The van der Waals surface area contributed by atoms with Gasteiger partial charge in [0.2, 0.25) is 11.9 Å². The lowest BCUT2D eigenvalue weighted by molar-refractivity contribution is 0.0686. The molecule has 7 N–H and O–H groups in total. The van der Waals surface area contributed by atoms with Gasteiger partial charge >= 0.3 is 32.2 Å². The Morgan fingerprint density at radius 3 is 1.59 bits per heavy atom. The number of benzene rings is 11. The van der Waals surface area contributed by atoms with E-state index in [1.54, 1.807) is 0 Å². The Hall–Kier alpha value is -6.70. The number of carboxylic acid groups (broad SMARTS) is 2. The van der Waals surface area contributed by atoms with Crippen molar-refractivity contribution in [2.75, 3.05) is 11.9 Å². The van der Waals surface area contributed by atoms with E-state index in [0.29, 0.717) is 0 Å². The highest BCUT2D eigenvalue weighted by Gasteiger charge is 2.37. The van der Waals surface area contributed by atoms with Crippen LogP contribution in [0.15, 0.2) is 64.4 Å². The third-order valence-electron chi connectivity index (χ3n) is 11.7. The number of aromatic hydroxyl groups is 1. The van der Waals surface area contributed by atoms with Crippen LogP contribution >= 0.6 is 0 Å². The van der Waals surface area contributed by atoms with Crippen molar-refractivity contribution in [1.29, 1.82) is 0 Å². The highest BCUT2D eigenvalue weighted by atomic mass is 32.2. The maximum atomic E-state index is 13.7. The molecule has 0 bridgehead atoms. The second kappa shape index (κ2) is 11.9. The minimum Gasteiger partial charge on any atom is -0.507 e. The fraction of sp³-hybridized carbons (Fsp3) is 0.0500. The van der Waals surface area contributed by atoms with Gasteiger partial charge in [0.1, 0.15) is 27.0 Å². The molecule has 0 fully saturated rings. The lowest BCUT2D eigenvalue weighted by Crippen LogP contribution is -2.13. The number of hydrogen-bond acceptors (Lipinski definition) is 13. The molecule has 23 heteroatoms. The number of phenolic OH excluding ortho intramolecular Hbond substituents is 1. The molecule has 0 spiro atoms. The van der Waals surface area contributed by atoms with E-state index in [2.05, 4.69) is 0 Å². The van der Waals surface area contributed by atoms with E-state index in [9.17, 15) is 76.8 Å². The normalized spacial score (nSPS) is 13.7. The molecule has 11 rings (SSSR count). The second-order valence-electron chi connectivity index (χ2n) is 15.1. The number of fused-ring (bicyclic) bond motifs is 1. The first-order valence-corrected chi connectivity index (χ1v) is 23.9. The van der Waals surface area contributed by atoms with Gasteiger partial charge in [0, 0.05) is 70.0 Å². The van der Waals surface area contributed by atoms with Crippen molar-refractivity contribution in [1.82, 2.24) is 0 Å². The maximum absolute atomic E-state index is 13.7. The second-order valence-corrected chi connectivity index (χ2v) is 20.6. The SMILES string of the molecule is O=C(O)c1ccc2c(S(=O)(=O)O)c3cc4c(S(=O)(=O)O)c(C(=O)O)c5cc6ccc(O)c7cc8c(OCS(=O)(=O)O)cc9c%10c(OCS(=O)(=O)O)cc1c2c%10c3c1c4c5c(c67)c8c91. The molecule has 0 aliphatic heterocycles. The van der Waals surface area contributed by atoms with Crippen molar-refractivity contribution in [3.05, 3.63) is 65.7 Å². The Morgan fingerprint density at radius 1 is 0.444 bits per heavy atom. The molecule has 0 aliphatic rings. The molecule has 318 valence electrons. The van der Waals surface area contributed by atoms with Crippen LogP contribution < -0.4 is 9.47 Å². The number of rotatable bonds is 10. The van der Waals surface area contributed by atoms with E-state index in [0.717, 1.165) is 24.3 Å². The maximum Gasteiger partial charge on any atom is 0.337 e. The Kier molecular flexibility index (Phi) is 7.37. The lowest BCUT2D eigenvalue weighted by atomic mass is 9.76. The Morgan fingerprint density at radius 2 is 0.968 bits per heavy atom. The highest BCUT2D eigenvalue weighted by molar-refractivity contribution is 7.86. The van der Waals surface area contributed by atoms with E-state index in [1.807, 2.05) is 0 Å². The molecule has 11 aromatic carbocycles. The van der Waals surface area contributed by atoms with Crippen LogP contribution in [-0.4, -0.2) is 91.0 Å². The minimum absolute atomic E-state index is 0.0133. The van der Waals surface area contributed by atoms with E-state index >= 15 is 0 Å². The zero-order valence-corrected chi connectivity index (χ0v) is 34.0. The molecule has 0 aliphatic carbocycles. The molecule has 0 amide bonds. The van der Waals surface area contributed by atoms with Crippen LogP contribution in [0.5, 0.6) is 17.2 Å². The number of carbonyl (C=O) groups is 2. The van der Waals surface area contributed by atoms with Crippen molar-refractivity contribution in [2.24, 2.45) is 0 Å². The summed E-state index contributed by atoms with van der Waals surface area (Å²) in [7, 11) is -20.9. The van der Waals surface area contributed by atoms with Crippen LogP contribution in [0, 0.1) is 0 Å². The summed E-state index contributed by atoms with van der Waals surface area (Å²) >= 11 is 0. The van der Waals surface area contributed by atoms with Gasteiger partial charge in [-0.25, -0.2) is 9.59 Å². The molecular weight excluding hydrogens is 913 g/mol. The summed E-state index contributed by atoms with van der Waals surface area (Å²) in [5, 5.41) is 30.5. The first-order chi connectivity index (χ1) is 29.4. The zero-order valence-electron chi connectivity index (χ0n) is 30.8. The van der Waals surface area contributed by atoms with E-state index in [4.69, 9.17) is 9.47 Å². The van der Waals surface area contributed by atoms with Crippen molar-refractivity contribution in [2.45, 2.75) is 9.79 Å². The number of aromatic carboxylic acids is 2. The third kappa shape index (κ3) is 5.11. The summed E-state index contributed by atoms with van der Waals surface area (Å²) in [5.41, 5.74) is -1.45. The van der Waals surface area contributed by atoms with Gasteiger partial charge in [-0.05, 0) is 80.2 Å². The molecular formula is C40H20O19S4. The lowest BCUT2D eigenvalue weighted by Gasteiger charge is -2.29. The number of ether oxygens (including phenoxy) is 2. The van der Waals surface area contributed by atoms with Gasteiger partial charge in [0.05, 0.1) is 11.1 Å². The number of phenols is 1. The van der Waals surface area contributed by atoms with Gasteiger partial charge in [0.25, 0.3) is 20.2 Å². The Labute approximate surface area is 349 Å². The van der Waals surface area contributed by atoms with E-state index in [-0.39, 0.29) is 108 Å². The van der Waals surface area contributed by atoms with Gasteiger partial charge in [-0.1, -0.05) is 12.1 Å². The van der Waals surface area contributed by atoms with Crippen LogP contribution in [0.1, 0.15) is 20.7 Å². The summed E-state index contributed by atoms with van der Waals surface area (Å²) in [6.07, 6.45) is 0. The standard InChI is InChI=1S/C40H20O19S4/c41-22-4-1-12-5-18-29-31-21(38(63(55,56)57)33(18)40(44)45)7-20-32-35-26-14(37(20)62(52,53)54)3-2-13(39(42)43)15(26)8-24(59-11-61(49,50)51)27(35)19-9-23(58-10-60(46,47)48)17-6-16(22)25(12)34(29)28(17)30(19)36(31)32/h1-9,41H,10-11H2,(H,42,43)(H,44,45)(H,46,47,48)(H,49,50,51)(H,52,53,54)(H,55,56,57). The van der Waals surface area contributed by atoms with Gasteiger partial charge in [-0.3, -0.25) is 18.2 Å². The van der Waals surface area contributed by atoms with Gasteiger partial charge in [0.15, 0.2) is 0 Å². The van der Waals surface area contributed by atoms with Gasteiger partial charge < -0.3 is 24.8 Å². The summed E-state index contributed by atoms with van der Waals surface area (Å²) in [5.74, 6) is -7.35. The molecule has 0 unspecified atom stereocenters. The predicted molar refractivity (Wildman–Crippen MR) is 227 cm³/mol. The highest BCUT2D eigenvalue weighted by Crippen LogP contribution is 2.60. The molecule has 19 nitrogen and oxygen atoms in total. The molecule has 11 aromatic rings. The van der Waals surface area contributed by atoms with Crippen LogP contribution in [0.2, 0.25) is 0 Å². The molecule has 0 saturated heterocycles. The minimum atomic E-state index is -5.59. The largest absolute Gasteiger partial charge is 0.507 e. The fourth-order valence-electron chi connectivity index (χ4n) is 9.91. The number of carboxylic acids is 2. The average Bonchev–Trinajstić information content (AvgIpc) is 3.17. The average molecular weight is 933 g/mol. The fourth-order valence-corrected chi connectivity index (χ4v) is 12.2. The molecule has 0 saturated carbocycles. The Balaban J connectivity index is 1.61. The predicted octanol–water partition coefficient (Wildman–Crippen LogP) is 6.45. The van der Waals surface area contributed by atoms with Crippen LogP contribution in [0.4, 0.5) is 0 Å².